The third-order valence-corrected chi connectivity index (χ3v) is 7.44. The summed E-state index contributed by atoms with van der Waals surface area (Å²) in [4.78, 5) is 12.0. The van der Waals surface area contributed by atoms with Crippen molar-refractivity contribution in [1.82, 2.24) is 15.3 Å². The Morgan fingerprint density at radius 2 is 1.92 bits per heavy atom. The van der Waals surface area contributed by atoms with Crippen molar-refractivity contribution < 1.29 is 9.47 Å². The molecule has 2 aromatic carbocycles. The number of morpholine rings is 1. The highest BCUT2D eigenvalue weighted by Crippen LogP contribution is 2.35. The van der Waals surface area contributed by atoms with Crippen molar-refractivity contribution in [1.29, 1.82) is 0 Å². The Labute approximate surface area is 218 Å². The molecule has 9 heteroatoms. The second-order valence-corrected chi connectivity index (χ2v) is 9.80. The molecular weight excluding hydrogens is 466 g/mol. The highest BCUT2D eigenvalue weighted by molar-refractivity contribution is 5.73. The van der Waals surface area contributed by atoms with Crippen molar-refractivity contribution in [3.63, 3.8) is 0 Å². The topological polar surface area (TPSA) is 95.6 Å². The molecule has 0 amide bonds. The average Bonchev–Trinajstić information content (AvgIpc) is 3.38. The lowest BCUT2D eigenvalue weighted by Crippen LogP contribution is -2.36. The van der Waals surface area contributed by atoms with Crippen LogP contribution in [0.25, 0.3) is 0 Å². The van der Waals surface area contributed by atoms with Gasteiger partial charge in [-0.3, -0.25) is 0 Å². The van der Waals surface area contributed by atoms with Gasteiger partial charge in [0.05, 0.1) is 26.0 Å². The monoisotopic (exact) mass is 501 g/mol. The number of nitrogens with zero attached hydrogens (tertiary/aromatic N) is 3. The zero-order valence-corrected chi connectivity index (χ0v) is 21.3. The van der Waals surface area contributed by atoms with Crippen LogP contribution in [0.1, 0.15) is 30.4 Å². The number of benzene rings is 2. The number of aromatic nitrogens is 2. The van der Waals surface area contributed by atoms with Gasteiger partial charge in [0.2, 0.25) is 5.95 Å². The minimum atomic E-state index is 0.526. The lowest BCUT2D eigenvalue weighted by Gasteiger charge is -2.29. The largest absolute Gasteiger partial charge is 0.494 e. The lowest BCUT2D eigenvalue weighted by molar-refractivity contribution is 0.122. The summed E-state index contributed by atoms with van der Waals surface area (Å²) in [5.41, 5.74) is 5.37. The first-order valence-corrected chi connectivity index (χ1v) is 13.3. The zero-order chi connectivity index (χ0) is 25.0. The van der Waals surface area contributed by atoms with E-state index in [9.17, 15) is 0 Å². The van der Waals surface area contributed by atoms with Gasteiger partial charge in [0.1, 0.15) is 17.4 Å². The molecule has 9 nitrogen and oxygen atoms in total. The average molecular weight is 502 g/mol. The van der Waals surface area contributed by atoms with Crippen LogP contribution in [-0.4, -0.2) is 56.0 Å². The van der Waals surface area contributed by atoms with Gasteiger partial charge in [0.25, 0.3) is 0 Å². The van der Waals surface area contributed by atoms with E-state index < -0.39 is 0 Å². The number of hydrogen-bond donors (Lipinski definition) is 4. The SMILES string of the molecule is COc1cc(N2CCOCC2)ccc1Nc1nc2c(c(Nc3ccccc3CNC3CCC3)n1)CCN2. The predicted molar refractivity (Wildman–Crippen MR) is 148 cm³/mol. The summed E-state index contributed by atoms with van der Waals surface area (Å²) in [5.74, 6) is 2.98. The maximum atomic E-state index is 5.73. The summed E-state index contributed by atoms with van der Waals surface area (Å²) in [6, 6.07) is 15.3. The molecule has 1 aromatic heterocycles. The molecule has 194 valence electrons. The number of fused-ring (bicyclic) bond motifs is 1. The molecule has 0 bridgehead atoms. The third-order valence-electron chi connectivity index (χ3n) is 7.44. The number of hydrogen-bond acceptors (Lipinski definition) is 9. The van der Waals surface area contributed by atoms with Gasteiger partial charge in [-0.2, -0.15) is 9.97 Å². The molecule has 1 aliphatic carbocycles. The van der Waals surface area contributed by atoms with Crippen molar-refractivity contribution in [3.05, 3.63) is 53.6 Å². The third kappa shape index (κ3) is 5.28. The standard InChI is InChI=1S/C28H35N7O2/c1-36-25-17-21(35-13-15-37-16-14-35)9-10-24(25)32-28-33-26-22(11-12-29-26)27(34-28)31-23-8-3-2-5-19(23)18-30-20-6-4-7-20/h2-3,5,8-10,17,20,30H,4,6-7,11-16,18H2,1H3,(H3,29,31,32,33,34). The van der Waals surface area contributed by atoms with Gasteiger partial charge < -0.3 is 35.6 Å². The van der Waals surface area contributed by atoms with Crippen LogP contribution in [0.3, 0.4) is 0 Å². The van der Waals surface area contributed by atoms with E-state index in [1.165, 1.54) is 24.8 Å². The molecule has 1 saturated heterocycles. The van der Waals surface area contributed by atoms with E-state index >= 15 is 0 Å². The van der Waals surface area contributed by atoms with Gasteiger partial charge in [-0.05, 0) is 43.0 Å². The van der Waals surface area contributed by atoms with E-state index in [1.54, 1.807) is 7.11 Å². The minimum absolute atomic E-state index is 0.526. The van der Waals surface area contributed by atoms with Gasteiger partial charge in [-0.15, -0.1) is 0 Å². The fourth-order valence-corrected chi connectivity index (χ4v) is 5.04. The number of rotatable bonds is 9. The molecule has 0 unspecified atom stereocenters. The summed E-state index contributed by atoms with van der Waals surface area (Å²) in [7, 11) is 1.69. The Bertz CT molecular complexity index is 1240. The van der Waals surface area contributed by atoms with Crippen molar-refractivity contribution in [2.75, 3.05) is 60.8 Å². The first-order chi connectivity index (χ1) is 18.3. The summed E-state index contributed by atoms with van der Waals surface area (Å²) >= 11 is 0. The predicted octanol–water partition coefficient (Wildman–Crippen LogP) is 4.42. The molecule has 1 saturated carbocycles. The molecule has 0 atom stereocenters. The van der Waals surface area contributed by atoms with Crippen LogP contribution in [0.15, 0.2) is 42.5 Å². The molecule has 4 N–H and O–H groups in total. The second kappa shape index (κ2) is 10.8. The van der Waals surface area contributed by atoms with Gasteiger partial charge in [-0.25, -0.2) is 0 Å². The Balaban J connectivity index is 1.24. The van der Waals surface area contributed by atoms with Crippen LogP contribution < -0.4 is 30.9 Å². The smallest absolute Gasteiger partial charge is 0.231 e. The van der Waals surface area contributed by atoms with Crippen molar-refractivity contribution in [2.24, 2.45) is 0 Å². The summed E-state index contributed by atoms with van der Waals surface area (Å²) < 4.78 is 11.2. The van der Waals surface area contributed by atoms with Crippen LogP contribution in [0.4, 0.5) is 34.6 Å². The van der Waals surface area contributed by atoms with Crippen molar-refractivity contribution >= 4 is 34.6 Å². The van der Waals surface area contributed by atoms with E-state index in [4.69, 9.17) is 19.4 Å². The fraction of sp³-hybridized carbons (Fsp3) is 0.429. The van der Waals surface area contributed by atoms with Crippen LogP contribution >= 0.6 is 0 Å². The molecule has 0 radical (unpaired) electrons. The number of anilines is 6. The summed E-state index contributed by atoms with van der Waals surface area (Å²) in [5, 5.41) is 14.1. The molecular formula is C28H35N7O2. The quantitative estimate of drug-likeness (QED) is 0.340. The number of methoxy groups -OCH3 is 1. The van der Waals surface area contributed by atoms with Gasteiger partial charge in [0.15, 0.2) is 0 Å². The van der Waals surface area contributed by atoms with Gasteiger partial charge in [0, 0.05) is 55.2 Å². The Morgan fingerprint density at radius 1 is 1.05 bits per heavy atom. The van der Waals surface area contributed by atoms with E-state index in [1.807, 2.05) is 6.07 Å². The molecule has 3 aromatic rings. The van der Waals surface area contributed by atoms with E-state index in [0.29, 0.717) is 12.0 Å². The van der Waals surface area contributed by atoms with E-state index in [-0.39, 0.29) is 0 Å². The fourth-order valence-electron chi connectivity index (χ4n) is 5.04. The van der Waals surface area contributed by atoms with Crippen LogP contribution in [-0.2, 0) is 17.7 Å². The molecule has 2 fully saturated rings. The minimum Gasteiger partial charge on any atom is -0.494 e. The van der Waals surface area contributed by atoms with Crippen LogP contribution in [0.2, 0.25) is 0 Å². The Hall–Kier alpha value is -3.56. The first-order valence-electron chi connectivity index (χ1n) is 13.3. The van der Waals surface area contributed by atoms with E-state index in [2.05, 4.69) is 62.6 Å². The Morgan fingerprint density at radius 3 is 2.73 bits per heavy atom. The van der Waals surface area contributed by atoms with Crippen LogP contribution in [0.5, 0.6) is 5.75 Å². The molecule has 2 aliphatic heterocycles. The highest BCUT2D eigenvalue weighted by atomic mass is 16.5. The first kappa shape index (κ1) is 23.8. The summed E-state index contributed by atoms with van der Waals surface area (Å²) in [6.07, 6.45) is 4.76. The van der Waals surface area contributed by atoms with Gasteiger partial charge in [-0.1, -0.05) is 24.6 Å². The molecule has 0 spiro atoms. The molecule has 3 heterocycles. The van der Waals surface area contributed by atoms with E-state index in [0.717, 1.165) is 85.8 Å². The highest BCUT2D eigenvalue weighted by Gasteiger charge is 2.22. The normalized spacial score (nSPS) is 17.1. The van der Waals surface area contributed by atoms with Gasteiger partial charge >= 0.3 is 0 Å². The maximum Gasteiger partial charge on any atom is 0.231 e. The Kier molecular flexibility index (Phi) is 6.96. The summed E-state index contributed by atoms with van der Waals surface area (Å²) in [6.45, 7) is 4.94. The number of nitrogens with one attached hydrogen (secondary N) is 4. The lowest BCUT2D eigenvalue weighted by atomic mass is 9.93. The van der Waals surface area contributed by atoms with Crippen molar-refractivity contribution in [2.45, 2.75) is 38.3 Å². The molecule has 6 rings (SSSR count). The van der Waals surface area contributed by atoms with Crippen molar-refractivity contribution in [3.8, 4) is 5.75 Å². The molecule has 37 heavy (non-hydrogen) atoms. The second-order valence-electron chi connectivity index (χ2n) is 9.80. The molecule has 3 aliphatic rings. The zero-order valence-electron chi connectivity index (χ0n) is 21.3. The number of para-hydroxylation sites is 1. The maximum absolute atomic E-state index is 5.73. The van der Waals surface area contributed by atoms with Crippen LogP contribution in [0, 0.1) is 0 Å². The number of ether oxygens (including phenoxy) is 2.